The summed E-state index contributed by atoms with van der Waals surface area (Å²) in [6, 6.07) is 13.1. The number of nitrogens with zero attached hydrogens (tertiary/aromatic N) is 1. The Morgan fingerprint density at radius 3 is 2.65 bits per heavy atom. The minimum atomic E-state index is -0.139. The number of hydrogen-bond donors (Lipinski definition) is 1. The molecule has 0 radical (unpaired) electrons. The summed E-state index contributed by atoms with van der Waals surface area (Å²) in [5, 5.41) is 0.722. The van der Waals surface area contributed by atoms with Crippen LogP contribution in [0.3, 0.4) is 0 Å². The predicted molar refractivity (Wildman–Crippen MR) is 78.9 cm³/mol. The van der Waals surface area contributed by atoms with Crippen molar-refractivity contribution in [3.8, 4) is 0 Å². The highest BCUT2D eigenvalue weighted by atomic mass is 35.5. The van der Waals surface area contributed by atoms with Crippen LogP contribution in [0.5, 0.6) is 0 Å². The molecule has 2 aromatic rings. The molecule has 4 heteroatoms. The molecule has 0 aliphatic carbocycles. The Labute approximate surface area is 123 Å². The molecule has 2 nitrogen and oxygen atoms in total. The highest BCUT2D eigenvalue weighted by Gasteiger charge is 2.30. The van der Waals surface area contributed by atoms with E-state index in [4.69, 9.17) is 17.3 Å². The third-order valence-electron chi connectivity index (χ3n) is 3.84. The summed E-state index contributed by atoms with van der Waals surface area (Å²) in [6.07, 6.45) is 0. The monoisotopic (exact) mass is 290 g/mol. The smallest absolute Gasteiger partial charge is 0.128 e. The van der Waals surface area contributed by atoms with Crippen molar-refractivity contribution in [1.29, 1.82) is 0 Å². The number of rotatable bonds is 3. The Balaban J connectivity index is 1.85. The van der Waals surface area contributed by atoms with Crippen LogP contribution < -0.4 is 5.73 Å². The Bertz CT molecular complexity index is 612. The van der Waals surface area contributed by atoms with Gasteiger partial charge in [0.15, 0.2) is 0 Å². The molecule has 0 spiro atoms. The lowest BCUT2D eigenvalue weighted by molar-refractivity contribution is 0.210. The van der Waals surface area contributed by atoms with Gasteiger partial charge in [-0.15, -0.1) is 0 Å². The molecule has 1 heterocycles. The molecule has 3 rings (SSSR count). The second-order valence-corrected chi connectivity index (χ2v) is 5.53. The molecule has 1 unspecified atom stereocenters. The van der Waals surface area contributed by atoms with Crippen LogP contribution in [0.2, 0.25) is 5.02 Å². The van der Waals surface area contributed by atoms with Crippen LogP contribution in [-0.2, 0) is 13.1 Å². The van der Waals surface area contributed by atoms with Gasteiger partial charge in [-0.05, 0) is 29.3 Å². The molecule has 20 heavy (non-hydrogen) atoms. The summed E-state index contributed by atoms with van der Waals surface area (Å²) in [4.78, 5) is 2.21. The van der Waals surface area contributed by atoms with E-state index in [1.165, 1.54) is 6.07 Å². The average Bonchev–Trinajstić information content (AvgIpc) is 2.80. The van der Waals surface area contributed by atoms with Gasteiger partial charge in [0.05, 0.1) is 0 Å². The zero-order valence-corrected chi connectivity index (χ0v) is 11.8. The average molecular weight is 291 g/mol. The third-order valence-corrected chi connectivity index (χ3v) is 4.09. The Hall–Kier alpha value is -1.42. The van der Waals surface area contributed by atoms with E-state index in [0.717, 1.165) is 28.3 Å². The molecule has 0 saturated heterocycles. The summed E-state index contributed by atoms with van der Waals surface area (Å²) in [6.45, 7) is 1.84. The molecule has 0 amide bonds. The van der Waals surface area contributed by atoms with Gasteiger partial charge < -0.3 is 5.73 Å². The minimum Gasteiger partial charge on any atom is -0.329 e. The van der Waals surface area contributed by atoms with E-state index in [0.29, 0.717) is 13.1 Å². The maximum Gasteiger partial charge on any atom is 0.128 e. The van der Waals surface area contributed by atoms with E-state index in [1.807, 2.05) is 30.3 Å². The highest BCUT2D eigenvalue weighted by molar-refractivity contribution is 6.30. The Morgan fingerprint density at radius 1 is 1.20 bits per heavy atom. The van der Waals surface area contributed by atoms with E-state index in [-0.39, 0.29) is 11.9 Å². The number of hydrogen-bond acceptors (Lipinski definition) is 2. The van der Waals surface area contributed by atoms with Gasteiger partial charge in [0.25, 0.3) is 0 Å². The number of nitrogens with two attached hydrogens (primary N) is 1. The van der Waals surface area contributed by atoms with Crippen LogP contribution in [0.1, 0.15) is 22.7 Å². The van der Waals surface area contributed by atoms with Crippen molar-refractivity contribution >= 4 is 11.6 Å². The highest BCUT2D eigenvalue weighted by Crippen LogP contribution is 2.35. The quantitative estimate of drug-likeness (QED) is 0.937. The van der Waals surface area contributed by atoms with Crippen LogP contribution in [-0.4, -0.2) is 11.4 Å². The lowest BCUT2D eigenvalue weighted by Gasteiger charge is -2.23. The van der Waals surface area contributed by atoms with Crippen molar-refractivity contribution in [1.82, 2.24) is 4.90 Å². The molecule has 0 aromatic heterocycles. The Kier molecular flexibility index (Phi) is 3.74. The molecule has 2 N–H and O–H groups in total. The van der Waals surface area contributed by atoms with Crippen molar-refractivity contribution < 1.29 is 4.39 Å². The standard InChI is InChI=1S/C16H16ClFN2/c17-12-6-4-11(5-7-12)9-20-10-14-13(16(20)8-19)2-1-3-15(14)18/h1-7,16H,8-10,19H2. The molecule has 0 fully saturated rings. The van der Waals surface area contributed by atoms with Gasteiger partial charge in [0.2, 0.25) is 0 Å². The van der Waals surface area contributed by atoms with Crippen molar-refractivity contribution in [2.24, 2.45) is 5.73 Å². The fraction of sp³-hybridized carbons (Fsp3) is 0.250. The predicted octanol–water partition coefficient (Wildman–Crippen LogP) is 3.49. The van der Waals surface area contributed by atoms with Crippen LogP contribution in [0.15, 0.2) is 42.5 Å². The molecule has 0 saturated carbocycles. The molecular formula is C16H16ClFN2. The zero-order chi connectivity index (χ0) is 14.1. The molecule has 1 atom stereocenters. The summed E-state index contributed by atoms with van der Waals surface area (Å²) < 4.78 is 13.9. The van der Waals surface area contributed by atoms with Gasteiger partial charge in [-0.1, -0.05) is 35.9 Å². The molecule has 2 aromatic carbocycles. The first kappa shape index (κ1) is 13.6. The van der Waals surface area contributed by atoms with Crippen LogP contribution in [0.4, 0.5) is 4.39 Å². The summed E-state index contributed by atoms with van der Waals surface area (Å²) in [5.74, 6) is -0.139. The first-order valence-corrected chi connectivity index (χ1v) is 7.02. The van der Waals surface area contributed by atoms with Crippen molar-refractivity contribution in [2.75, 3.05) is 6.54 Å². The Morgan fingerprint density at radius 2 is 1.95 bits per heavy atom. The second kappa shape index (κ2) is 5.52. The molecule has 104 valence electrons. The van der Waals surface area contributed by atoms with E-state index in [1.54, 1.807) is 6.07 Å². The van der Waals surface area contributed by atoms with Gasteiger partial charge in [-0.25, -0.2) is 4.39 Å². The van der Waals surface area contributed by atoms with Crippen molar-refractivity contribution in [3.05, 3.63) is 70.0 Å². The molecule has 1 aliphatic rings. The van der Waals surface area contributed by atoms with Crippen LogP contribution >= 0.6 is 11.6 Å². The maximum atomic E-state index is 13.9. The maximum absolute atomic E-state index is 13.9. The normalized spacial score (nSPS) is 18.2. The molecular weight excluding hydrogens is 275 g/mol. The first-order chi connectivity index (χ1) is 9.69. The minimum absolute atomic E-state index is 0.0800. The van der Waals surface area contributed by atoms with Gasteiger partial charge >= 0.3 is 0 Å². The van der Waals surface area contributed by atoms with Gasteiger partial charge in [0.1, 0.15) is 5.82 Å². The topological polar surface area (TPSA) is 29.3 Å². The molecule has 1 aliphatic heterocycles. The zero-order valence-electron chi connectivity index (χ0n) is 11.0. The summed E-state index contributed by atoms with van der Waals surface area (Å²) in [5.41, 5.74) is 8.83. The largest absolute Gasteiger partial charge is 0.329 e. The van der Waals surface area contributed by atoms with Crippen molar-refractivity contribution in [3.63, 3.8) is 0 Å². The fourth-order valence-corrected chi connectivity index (χ4v) is 2.96. The van der Waals surface area contributed by atoms with Gasteiger partial charge in [0, 0.05) is 36.3 Å². The van der Waals surface area contributed by atoms with Crippen LogP contribution in [0, 0.1) is 5.82 Å². The lowest BCUT2D eigenvalue weighted by atomic mass is 10.0. The van der Waals surface area contributed by atoms with E-state index < -0.39 is 0 Å². The summed E-state index contributed by atoms with van der Waals surface area (Å²) in [7, 11) is 0. The van der Waals surface area contributed by atoms with E-state index in [9.17, 15) is 4.39 Å². The van der Waals surface area contributed by atoms with Crippen molar-refractivity contribution in [2.45, 2.75) is 19.1 Å². The molecule has 0 bridgehead atoms. The third kappa shape index (κ3) is 2.44. The SMILES string of the molecule is NCC1c2cccc(F)c2CN1Cc1ccc(Cl)cc1. The lowest BCUT2D eigenvalue weighted by Crippen LogP contribution is -2.27. The summed E-state index contributed by atoms with van der Waals surface area (Å²) >= 11 is 5.89. The van der Waals surface area contributed by atoms with Crippen LogP contribution in [0.25, 0.3) is 0 Å². The van der Waals surface area contributed by atoms with E-state index in [2.05, 4.69) is 4.90 Å². The number of fused-ring (bicyclic) bond motifs is 1. The second-order valence-electron chi connectivity index (χ2n) is 5.09. The van der Waals surface area contributed by atoms with E-state index >= 15 is 0 Å². The van der Waals surface area contributed by atoms with Gasteiger partial charge in [-0.3, -0.25) is 4.90 Å². The van der Waals surface area contributed by atoms with Gasteiger partial charge in [-0.2, -0.15) is 0 Å². The number of halogens is 2. The first-order valence-electron chi connectivity index (χ1n) is 6.65. The number of benzene rings is 2. The fourth-order valence-electron chi connectivity index (χ4n) is 2.83.